The average molecular weight is 332 g/mol. The molecule has 1 aliphatic rings. The maximum absolute atomic E-state index is 11.9. The third-order valence-electron chi connectivity index (χ3n) is 3.47. The third-order valence-corrected chi connectivity index (χ3v) is 4.66. The predicted octanol–water partition coefficient (Wildman–Crippen LogP) is 1.52. The Balaban J connectivity index is 1.92. The number of nitrogens with zero attached hydrogens (tertiary/aromatic N) is 1. The van der Waals surface area contributed by atoms with Gasteiger partial charge in [-0.1, -0.05) is 23.5 Å². The molecule has 0 unspecified atom stereocenters. The van der Waals surface area contributed by atoms with Crippen LogP contribution in [0.25, 0.3) is 0 Å². The number of carbonyl (C=O) groups excluding carboxylic acids is 2. The topological polar surface area (TPSA) is 106 Å². The zero-order valence-electron chi connectivity index (χ0n) is 12.5. The van der Waals surface area contributed by atoms with Gasteiger partial charge in [0, 0.05) is 19.4 Å². The maximum Gasteiger partial charge on any atom is 0.255 e. The molecule has 1 aromatic carbocycles. The van der Waals surface area contributed by atoms with Gasteiger partial charge in [-0.15, -0.1) is 0 Å². The van der Waals surface area contributed by atoms with Crippen molar-refractivity contribution in [3.05, 3.63) is 34.7 Å². The van der Waals surface area contributed by atoms with Crippen molar-refractivity contribution in [1.82, 2.24) is 4.98 Å². The van der Waals surface area contributed by atoms with Crippen LogP contribution in [-0.2, 0) is 9.59 Å². The Hall–Kier alpha value is -2.61. The molecule has 0 fully saturated rings. The van der Waals surface area contributed by atoms with E-state index in [4.69, 9.17) is 10.5 Å². The summed E-state index contributed by atoms with van der Waals surface area (Å²) in [4.78, 5) is 28.1. The molecule has 0 saturated heterocycles. The highest BCUT2D eigenvalue weighted by molar-refractivity contribution is 7.16. The van der Waals surface area contributed by atoms with Gasteiger partial charge in [0.25, 0.3) is 5.91 Å². The van der Waals surface area contributed by atoms with Crippen LogP contribution in [0, 0.1) is 0 Å². The fourth-order valence-corrected chi connectivity index (χ4v) is 3.47. The smallest absolute Gasteiger partial charge is 0.255 e. The van der Waals surface area contributed by atoms with Crippen LogP contribution in [-0.4, -0.2) is 30.5 Å². The summed E-state index contributed by atoms with van der Waals surface area (Å²) in [5, 5.41) is 6.55. The second kappa shape index (κ2) is 6.25. The molecule has 2 amide bonds. The van der Waals surface area contributed by atoms with Gasteiger partial charge in [0.2, 0.25) is 5.91 Å². The molecule has 1 atom stereocenters. The Bertz CT molecular complexity index is 759. The average Bonchev–Trinajstić information content (AvgIpc) is 2.95. The zero-order chi connectivity index (χ0) is 16.4. The monoisotopic (exact) mass is 332 g/mol. The van der Waals surface area contributed by atoms with E-state index in [9.17, 15) is 9.59 Å². The largest absolute Gasteiger partial charge is 0.484 e. The van der Waals surface area contributed by atoms with E-state index >= 15 is 0 Å². The van der Waals surface area contributed by atoms with E-state index in [2.05, 4.69) is 15.6 Å². The highest BCUT2D eigenvalue weighted by Crippen LogP contribution is 2.42. The lowest BCUT2D eigenvalue weighted by Crippen LogP contribution is -2.23. The van der Waals surface area contributed by atoms with Gasteiger partial charge in [-0.3, -0.25) is 9.59 Å². The first-order valence-electron chi connectivity index (χ1n) is 7.06. The highest BCUT2D eigenvalue weighted by Gasteiger charge is 2.30. The summed E-state index contributed by atoms with van der Waals surface area (Å²) in [6, 6.07) is 7.34. The first-order valence-corrected chi connectivity index (χ1v) is 7.88. The fraction of sp³-hybridized carbons (Fsp3) is 0.267. The number of aromatic nitrogens is 1. The van der Waals surface area contributed by atoms with Crippen LogP contribution in [0.3, 0.4) is 0 Å². The number of hydrogen-bond donors (Lipinski definition) is 3. The third kappa shape index (κ3) is 3.26. The van der Waals surface area contributed by atoms with Crippen molar-refractivity contribution in [1.29, 1.82) is 0 Å². The van der Waals surface area contributed by atoms with Crippen LogP contribution in [0.5, 0.6) is 5.75 Å². The van der Waals surface area contributed by atoms with Crippen LogP contribution < -0.4 is 21.1 Å². The Kier molecular flexibility index (Phi) is 4.16. The Labute approximate surface area is 136 Å². The standard InChI is InChI=1S/C15H16N4O3S/c1-17-15-19-14-13(23-15)10(6-12(21)18-14)8-3-2-4-9(5-8)22-7-11(16)20/h2-5,10H,6-7H2,1H3,(H2,16,20)(H,17,19)(H,18,21)/t10-/m1/s1. The molecule has 0 aliphatic carbocycles. The number of anilines is 2. The van der Waals surface area contributed by atoms with Crippen molar-refractivity contribution < 1.29 is 14.3 Å². The molecule has 3 rings (SSSR count). The summed E-state index contributed by atoms with van der Waals surface area (Å²) >= 11 is 1.51. The van der Waals surface area contributed by atoms with Crippen LogP contribution >= 0.6 is 11.3 Å². The van der Waals surface area contributed by atoms with E-state index in [1.54, 1.807) is 13.1 Å². The molecule has 2 heterocycles. The lowest BCUT2D eigenvalue weighted by Gasteiger charge is -2.22. The predicted molar refractivity (Wildman–Crippen MR) is 87.9 cm³/mol. The SMILES string of the molecule is CNc1nc2c(s1)[C@@H](c1cccc(OCC(N)=O)c1)CC(=O)N2. The number of primary amides is 1. The number of thiazole rings is 1. The summed E-state index contributed by atoms with van der Waals surface area (Å²) in [5.41, 5.74) is 6.03. The minimum atomic E-state index is -0.532. The fourth-order valence-electron chi connectivity index (χ4n) is 2.47. The van der Waals surface area contributed by atoms with E-state index < -0.39 is 5.91 Å². The van der Waals surface area contributed by atoms with Crippen molar-refractivity contribution in [2.45, 2.75) is 12.3 Å². The summed E-state index contributed by atoms with van der Waals surface area (Å²) in [6.45, 7) is -0.176. The van der Waals surface area contributed by atoms with Crippen molar-refractivity contribution in [3.8, 4) is 5.75 Å². The molecule has 120 valence electrons. The number of amides is 2. The van der Waals surface area contributed by atoms with Crippen molar-refractivity contribution in [2.75, 3.05) is 24.3 Å². The summed E-state index contributed by atoms with van der Waals surface area (Å²) in [5.74, 6) is 0.460. The van der Waals surface area contributed by atoms with E-state index in [1.165, 1.54) is 11.3 Å². The number of hydrogen-bond acceptors (Lipinski definition) is 6. The van der Waals surface area contributed by atoms with Gasteiger partial charge in [0.05, 0.1) is 4.88 Å². The Morgan fingerprint density at radius 3 is 3.13 bits per heavy atom. The molecule has 1 aliphatic heterocycles. The van der Waals surface area contributed by atoms with E-state index in [0.29, 0.717) is 18.0 Å². The molecular formula is C15H16N4O3S. The van der Waals surface area contributed by atoms with Gasteiger partial charge in [-0.25, -0.2) is 4.98 Å². The normalized spacial score (nSPS) is 16.4. The van der Waals surface area contributed by atoms with Gasteiger partial charge in [-0.05, 0) is 17.7 Å². The van der Waals surface area contributed by atoms with Crippen LogP contribution in [0.4, 0.5) is 10.9 Å². The highest BCUT2D eigenvalue weighted by atomic mass is 32.1. The second-order valence-corrected chi connectivity index (χ2v) is 6.14. The summed E-state index contributed by atoms with van der Waals surface area (Å²) in [6.07, 6.45) is 0.345. The lowest BCUT2D eigenvalue weighted by atomic mass is 9.91. The summed E-state index contributed by atoms with van der Waals surface area (Å²) in [7, 11) is 1.79. The molecular weight excluding hydrogens is 316 g/mol. The van der Waals surface area contributed by atoms with Crippen LogP contribution in [0.1, 0.15) is 22.8 Å². The number of rotatable bonds is 5. The van der Waals surface area contributed by atoms with Crippen LogP contribution in [0.15, 0.2) is 24.3 Å². The number of benzene rings is 1. The second-order valence-electron chi connectivity index (χ2n) is 5.11. The number of nitrogens with one attached hydrogen (secondary N) is 2. The number of carbonyl (C=O) groups is 2. The van der Waals surface area contributed by atoms with Crippen molar-refractivity contribution in [3.63, 3.8) is 0 Å². The number of nitrogens with two attached hydrogens (primary N) is 1. The molecule has 0 saturated carbocycles. The Morgan fingerprint density at radius 2 is 2.39 bits per heavy atom. The van der Waals surface area contributed by atoms with Gasteiger partial charge in [0.1, 0.15) is 11.6 Å². The first kappa shape index (κ1) is 15.3. The van der Waals surface area contributed by atoms with Crippen LogP contribution in [0.2, 0.25) is 0 Å². The van der Waals surface area contributed by atoms with Gasteiger partial charge in [0.15, 0.2) is 11.7 Å². The summed E-state index contributed by atoms with van der Waals surface area (Å²) < 4.78 is 5.34. The Morgan fingerprint density at radius 1 is 1.57 bits per heavy atom. The zero-order valence-corrected chi connectivity index (χ0v) is 13.3. The first-order chi connectivity index (χ1) is 11.1. The number of fused-ring (bicyclic) bond motifs is 1. The minimum Gasteiger partial charge on any atom is -0.484 e. The van der Waals surface area contributed by atoms with Gasteiger partial charge in [-0.2, -0.15) is 0 Å². The molecule has 0 radical (unpaired) electrons. The molecule has 2 aromatic rings. The van der Waals surface area contributed by atoms with E-state index in [1.807, 2.05) is 18.2 Å². The molecule has 8 heteroatoms. The van der Waals surface area contributed by atoms with Gasteiger partial charge >= 0.3 is 0 Å². The lowest BCUT2D eigenvalue weighted by molar-refractivity contribution is -0.120. The molecule has 1 aromatic heterocycles. The van der Waals surface area contributed by atoms with E-state index in [-0.39, 0.29) is 18.4 Å². The van der Waals surface area contributed by atoms with Gasteiger partial charge < -0.3 is 21.1 Å². The molecule has 0 bridgehead atoms. The maximum atomic E-state index is 11.9. The van der Waals surface area contributed by atoms with Crippen molar-refractivity contribution in [2.24, 2.45) is 5.73 Å². The quantitative estimate of drug-likeness (QED) is 0.770. The number of ether oxygens (including phenoxy) is 1. The molecule has 23 heavy (non-hydrogen) atoms. The molecule has 7 nitrogen and oxygen atoms in total. The minimum absolute atomic E-state index is 0.0705. The van der Waals surface area contributed by atoms with E-state index in [0.717, 1.165) is 15.6 Å². The molecule has 0 spiro atoms. The van der Waals surface area contributed by atoms with Crippen molar-refractivity contribution >= 4 is 34.1 Å². The molecule has 4 N–H and O–H groups in total.